The number of thiazole rings is 1. The highest BCUT2D eigenvalue weighted by Gasteiger charge is 2.10. The summed E-state index contributed by atoms with van der Waals surface area (Å²) in [5.41, 5.74) is 3.34. The molecule has 1 heterocycles. The molecule has 0 aliphatic heterocycles. The lowest BCUT2D eigenvalue weighted by molar-refractivity contribution is -0.117. The molecule has 1 aromatic heterocycles. The molecule has 0 unspecified atom stereocenters. The number of Topliss-reactive ketones (excluding diaryl/α,β-unsaturated/α-hetero) is 1. The van der Waals surface area contributed by atoms with Crippen LogP contribution < -0.4 is 0 Å². The van der Waals surface area contributed by atoms with E-state index in [9.17, 15) is 4.79 Å². The van der Waals surface area contributed by atoms with Crippen molar-refractivity contribution in [3.05, 3.63) is 51.0 Å². The fraction of sp³-hybridized carbons (Fsp3) is 0.333. The third-order valence-corrected chi connectivity index (χ3v) is 4.14. The monoisotopic (exact) mass is 259 g/mol. The van der Waals surface area contributed by atoms with Crippen molar-refractivity contribution in [2.45, 2.75) is 33.6 Å². The highest BCUT2D eigenvalue weighted by atomic mass is 32.1. The van der Waals surface area contributed by atoms with Crippen molar-refractivity contribution in [1.29, 1.82) is 0 Å². The molecule has 0 aliphatic rings. The summed E-state index contributed by atoms with van der Waals surface area (Å²) in [5, 5.41) is 0.934. The predicted molar refractivity (Wildman–Crippen MR) is 75.2 cm³/mol. The van der Waals surface area contributed by atoms with Crippen LogP contribution in [0, 0.1) is 20.8 Å². The molecular weight excluding hydrogens is 242 g/mol. The van der Waals surface area contributed by atoms with Gasteiger partial charge in [-0.05, 0) is 31.9 Å². The first-order valence-corrected chi connectivity index (χ1v) is 6.87. The molecule has 0 fully saturated rings. The first-order valence-electron chi connectivity index (χ1n) is 6.05. The molecule has 0 atom stereocenters. The van der Waals surface area contributed by atoms with Crippen LogP contribution >= 0.6 is 11.3 Å². The summed E-state index contributed by atoms with van der Waals surface area (Å²) in [6, 6.07) is 8.04. The summed E-state index contributed by atoms with van der Waals surface area (Å²) >= 11 is 1.63. The van der Waals surface area contributed by atoms with Gasteiger partial charge < -0.3 is 0 Å². The van der Waals surface area contributed by atoms with Crippen LogP contribution in [0.4, 0.5) is 0 Å². The molecule has 0 aliphatic carbocycles. The first-order chi connectivity index (χ1) is 8.56. The van der Waals surface area contributed by atoms with Gasteiger partial charge in [-0.15, -0.1) is 11.3 Å². The number of aromatic nitrogens is 1. The number of carbonyl (C=O) groups is 1. The van der Waals surface area contributed by atoms with Gasteiger partial charge in [0.15, 0.2) is 0 Å². The highest BCUT2D eigenvalue weighted by molar-refractivity contribution is 7.11. The van der Waals surface area contributed by atoms with Crippen molar-refractivity contribution in [2.75, 3.05) is 0 Å². The van der Waals surface area contributed by atoms with E-state index in [1.165, 1.54) is 10.4 Å². The largest absolute Gasteiger partial charge is 0.299 e. The van der Waals surface area contributed by atoms with Crippen molar-refractivity contribution < 1.29 is 4.79 Å². The summed E-state index contributed by atoms with van der Waals surface area (Å²) in [6.45, 7) is 6.07. The smallest absolute Gasteiger partial charge is 0.144 e. The van der Waals surface area contributed by atoms with E-state index < -0.39 is 0 Å². The van der Waals surface area contributed by atoms with Crippen molar-refractivity contribution >= 4 is 17.1 Å². The molecule has 0 N–H and O–H groups in total. The van der Waals surface area contributed by atoms with Gasteiger partial charge in [0.2, 0.25) is 0 Å². The van der Waals surface area contributed by atoms with E-state index in [0.29, 0.717) is 12.8 Å². The number of hydrogen-bond donors (Lipinski definition) is 0. The second-order valence-electron chi connectivity index (χ2n) is 4.57. The first kappa shape index (κ1) is 13.0. The van der Waals surface area contributed by atoms with Crippen LogP contribution in [0.1, 0.15) is 26.7 Å². The van der Waals surface area contributed by atoms with Crippen LogP contribution in [0.2, 0.25) is 0 Å². The Morgan fingerprint density at radius 2 is 1.89 bits per heavy atom. The van der Waals surface area contributed by atoms with E-state index in [2.05, 4.69) is 4.98 Å². The minimum absolute atomic E-state index is 0.234. The van der Waals surface area contributed by atoms with Gasteiger partial charge in [0.1, 0.15) is 10.8 Å². The van der Waals surface area contributed by atoms with Crippen molar-refractivity contribution in [2.24, 2.45) is 0 Å². The second kappa shape index (κ2) is 5.44. The minimum Gasteiger partial charge on any atom is -0.299 e. The Morgan fingerprint density at radius 1 is 1.17 bits per heavy atom. The van der Waals surface area contributed by atoms with Crippen molar-refractivity contribution in [3.8, 4) is 0 Å². The fourth-order valence-electron chi connectivity index (χ4n) is 1.87. The van der Waals surface area contributed by atoms with E-state index in [4.69, 9.17) is 0 Å². The zero-order valence-corrected chi connectivity index (χ0v) is 11.8. The maximum absolute atomic E-state index is 12.0. The molecule has 94 valence electrons. The maximum atomic E-state index is 12.0. The predicted octanol–water partition coefficient (Wildman–Crippen LogP) is 3.42. The average molecular weight is 259 g/mol. The van der Waals surface area contributed by atoms with E-state index in [1.54, 1.807) is 11.3 Å². The Morgan fingerprint density at radius 3 is 2.50 bits per heavy atom. The molecule has 0 radical (unpaired) electrons. The molecule has 2 aromatic rings. The summed E-state index contributed by atoms with van der Waals surface area (Å²) in [6.07, 6.45) is 0.956. The zero-order valence-electron chi connectivity index (χ0n) is 11.0. The topological polar surface area (TPSA) is 30.0 Å². The Balaban J connectivity index is 2.03. The van der Waals surface area contributed by atoms with Gasteiger partial charge >= 0.3 is 0 Å². The summed E-state index contributed by atoms with van der Waals surface area (Å²) in [4.78, 5) is 17.6. The molecule has 2 rings (SSSR count). The Labute approximate surface area is 112 Å². The van der Waals surface area contributed by atoms with Crippen LogP contribution in [0.3, 0.4) is 0 Å². The Bertz CT molecular complexity index is 552. The summed E-state index contributed by atoms with van der Waals surface area (Å²) < 4.78 is 0. The van der Waals surface area contributed by atoms with Crippen LogP contribution in [0.15, 0.2) is 24.3 Å². The van der Waals surface area contributed by atoms with Crippen molar-refractivity contribution in [3.63, 3.8) is 0 Å². The van der Waals surface area contributed by atoms with E-state index in [1.807, 2.05) is 45.0 Å². The minimum atomic E-state index is 0.234. The van der Waals surface area contributed by atoms with Gasteiger partial charge in [-0.25, -0.2) is 4.98 Å². The van der Waals surface area contributed by atoms with E-state index >= 15 is 0 Å². The van der Waals surface area contributed by atoms with E-state index in [0.717, 1.165) is 16.3 Å². The number of aryl methyl sites for hydroxylation is 3. The molecule has 0 saturated carbocycles. The third-order valence-electron chi connectivity index (χ3n) is 3.07. The van der Waals surface area contributed by atoms with E-state index in [-0.39, 0.29) is 5.78 Å². The SMILES string of the molecule is Cc1ccccc1CC(=O)Cc1nc(C)c(C)s1. The Kier molecular flexibility index (Phi) is 3.92. The molecule has 3 heteroatoms. The molecule has 1 aromatic carbocycles. The standard InChI is InChI=1S/C15H17NOS/c1-10-6-4-5-7-13(10)8-14(17)9-15-16-11(2)12(3)18-15/h4-7H,8-9H2,1-3H3. The highest BCUT2D eigenvalue weighted by Crippen LogP contribution is 2.18. The van der Waals surface area contributed by atoms with Gasteiger partial charge in [0.25, 0.3) is 0 Å². The van der Waals surface area contributed by atoms with Gasteiger partial charge in [-0.2, -0.15) is 0 Å². The van der Waals surface area contributed by atoms with Crippen LogP contribution in [-0.4, -0.2) is 10.8 Å². The van der Waals surface area contributed by atoms with Crippen molar-refractivity contribution in [1.82, 2.24) is 4.98 Å². The number of nitrogens with zero attached hydrogens (tertiary/aromatic N) is 1. The molecule has 18 heavy (non-hydrogen) atoms. The average Bonchev–Trinajstić information content (AvgIpc) is 2.61. The van der Waals surface area contributed by atoms with Gasteiger partial charge in [0.05, 0.1) is 12.1 Å². The number of carbonyl (C=O) groups excluding carboxylic acids is 1. The van der Waals surface area contributed by atoms with Gasteiger partial charge in [-0.3, -0.25) is 4.79 Å². The fourth-order valence-corrected chi connectivity index (χ4v) is 2.83. The number of ketones is 1. The zero-order chi connectivity index (χ0) is 13.1. The molecular formula is C15H17NOS. The lowest BCUT2D eigenvalue weighted by Gasteiger charge is -2.03. The molecule has 0 saturated heterocycles. The lowest BCUT2D eigenvalue weighted by Crippen LogP contribution is -2.07. The third kappa shape index (κ3) is 3.05. The number of rotatable bonds is 4. The van der Waals surface area contributed by atoms with Crippen LogP contribution in [-0.2, 0) is 17.6 Å². The molecule has 2 nitrogen and oxygen atoms in total. The number of hydrogen-bond acceptors (Lipinski definition) is 3. The van der Waals surface area contributed by atoms with Gasteiger partial charge in [0, 0.05) is 11.3 Å². The Hall–Kier alpha value is -1.48. The number of benzene rings is 1. The molecule has 0 spiro atoms. The second-order valence-corrected chi connectivity index (χ2v) is 5.86. The van der Waals surface area contributed by atoms with Gasteiger partial charge in [-0.1, -0.05) is 24.3 Å². The molecule has 0 bridgehead atoms. The quantitative estimate of drug-likeness (QED) is 0.842. The maximum Gasteiger partial charge on any atom is 0.144 e. The van der Waals surface area contributed by atoms with Crippen LogP contribution in [0.25, 0.3) is 0 Å². The normalized spacial score (nSPS) is 10.6. The molecule has 0 amide bonds. The lowest BCUT2D eigenvalue weighted by atomic mass is 10.0. The summed E-state index contributed by atoms with van der Waals surface area (Å²) in [7, 11) is 0. The van der Waals surface area contributed by atoms with Crippen LogP contribution in [0.5, 0.6) is 0 Å². The summed E-state index contributed by atoms with van der Waals surface area (Å²) in [5.74, 6) is 0.234.